The number of carbonyl (C=O) groups is 1. The van der Waals surface area contributed by atoms with Crippen molar-refractivity contribution in [1.29, 1.82) is 0 Å². The van der Waals surface area contributed by atoms with E-state index in [9.17, 15) is 9.90 Å². The molecule has 0 spiro atoms. The zero-order valence-electron chi connectivity index (χ0n) is 15.8. The highest BCUT2D eigenvalue weighted by Gasteiger charge is 2.59. The maximum atomic E-state index is 12.8. The SMILES string of the molecule is CCCCC1(c2ccccc2)OC(O)C(C)(C(=O)OCc2ccccc2)O1. The van der Waals surface area contributed by atoms with Crippen molar-refractivity contribution in [3.05, 3.63) is 71.8 Å². The molecule has 1 aliphatic heterocycles. The van der Waals surface area contributed by atoms with Gasteiger partial charge in [-0.25, -0.2) is 4.79 Å². The Morgan fingerprint density at radius 1 is 1.11 bits per heavy atom. The standard InChI is InChI=1S/C22H26O5/c1-3-4-15-22(18-13-9-6-10-14-18)26-20(24)21(2,27-22)19(23)25-16-17-11-7-5-8-12-17/h5-14,20,24H,3-4,15-16H2,1-2H3. The Kier molecular flexibility index (Phi) is 5.95. The summed E-state index contributed by atoms with van der Waals surface area (Å²) in [7, 11) is 0. The molecule has 2 aromatic carbocycles. The van der Waals surface area contributed by atoms with Gasteiger partial charge < -0.3 is 19.3 Å². The zero-order valence-corrected chi connectivity index (χ0v) is 15.8. The predicted molar refractivity (Wildman–Crippen MR) is 100 cm³/mol. The highest BCUT2D eigenvalue weighted by Crippen LogP contribution is 2.46. The molecule has 2 aromatic rings. The average Bonchev–Trinajstić information content (AvgIpc) is 2.98. The minimum absolute atomic E-state index is 0.110. The third-order valence-corrected chi connectivity index (χ3v) is 4.84. The molecule has 1 fully saturated rings. The number of hydrogen-bond donors (Lipinski definition) is 1. The molecule has 144 valence electrons. The topological polar surface area (TPSA) is 65.0 Å². The third kappa shape index (κ3) is 4.05. The van der Waals surface area contributed by atoms with E-state index in [0.717, 1.165) is 24.0 Å². The smallest absolute Gasteiger partial charge is 0.343 e. The molecule has 1 aliphatic rings. The van der Waals surface area contributed by atoms with E-state index in [2.05, 4.69) is 6.92 Å². The maximum Gasteiger partial charge on any atom is 0.343 e. The van der Waals surface area contributed by atoms with Gasteiger partial charge in [0.05, 0.1) is 0 Å². The Morgan fingerprint density at radius 3 is 2.37 bits per heavy atom. The Morgan fingerprint density at radius 2 is 1.74 bits per heavy atom. The fourth-order valence-electron chi connectivity index (χ4n) is 3.20. The number of esters is 1. The number of aliphatic hydroxyl groups is 1. The van der Waals surface area contributed by atoms with Crippen LogP contribution in [0, 0.1) is 0 Å². The van der Waals surface area contributed by atoms with E-state index < -0.39 is 23.6 Å². The Balaban J connectivity index is 1.79. The van der Waals surface area contributed by atoms with Gasteiger partial charge in [-0.05, 0) is 18.9 Å². The van der Waals surface area contributed by atoms with Crippen molar-refractivity contribution >= 4 is 5.97 Å². The largest absolute Gasteiger partial charge is 0.459 e. The van der Waals surface area contributed by atoms with Gasteiger partial charge in [-0.2, -0.15) is 0 Å². The summed E-state index contributed by atoms with van der Waals surface area (Å²) in [6.07, 6.45) is 0.882. The molecule has 3 atom stereocenters. The van der Waals surface area contributed by atoms with Crippen molar-refractivity contribution < 1.29 is 24.1 Å². The van der Waals surface area contributed by atoms with Crippen LogP contribution in [0.5, 0.6) is 0 Å². The first-order valence-electron chi connectivity index (χ1n) is 9.33. The zero-order chi connectivity index (χ0) is 19.3. The third-order valence-electron chi connectivity index (χ3n) is 4.84. The lowest BCUT2D eigenvalue weighted by atomic mass is 9.99. The number of hydrogen-bond acceptors (Lipinski definition) is 5. The summed E-state index contributed by atoms with van der Waals surface area (Å²) in [5, 5.41) is 10.6. The van der Waals surface area contributed by atoms with Crippen LogP contribution >= 0.6 is 0 Å². The van der Waals surface area contributed by atoms with Gasteiger partial charge in [0, 0.05) is 12.0 Å². The number of rotatable bonds is 7. The second-order valence-electron chi connectivity index (χ2n) is 6.96. The molecular weight excluding hydrogens is 344 g/mol. The summed E-state index contributed by atoms with van der Waals surface area (Å²) in [6.45, 7) is 3.69. The van der Waals surface area contributed by atoms with Crippen LogP contribution in [-0.4, -0.2) is 23.0 Å². The summed E-state index contributed by atoms with van der Waals surface area (Å²) in [5.41, 5.74) is 0.0403. The van der Waals surface area contributed by atoms with Crippen molar-refractivity contribution in [3.8, 4) is 0 Å². The molecule has 0 aliphatic carbocycles. The van der Waals surface area contributed by atoms with Gasteiger partial charge >= 0.3 is 5.97 Å². The van der Waals surface area contributed by atoms with Crippen LogP contribution in [0.2, 0.25) is 0 Å². The molecule has 5 heteroatoms. The molecular formula is C22H26O5. The second-order valence-corrected chi connectivity index (χ2v) is 6.96. The number of unbranched alkanes of at least 4 members (excludes halogenated alkanes) is 1. The lowest BCUT2D eigenvalue weighted by molar-refractivity contribution is -0.218. The number of benzene rings is 2. The summed E-state index contributed by atoms with van der Waals surface area (Å²) >= 11 is 0. The summed E-state index contributed by atoms with van der Waals surface area (Å²) < 4.78 is 17.4. The molecule has 1 heterocycles. The van der Waals surface area contributed by atoms with Crippen molar-refractivity contribution in [2.75, 3.05) is 0 Å². The number of carbonyl (C=O) groups excluding carboxylic acids is 1. The van der Waals surface area contributed by atoms with Gasteiger partial charge in [-0.1, -0.05) is 74.0 Å². The molecule has 0 amide bonds. The molecule has 0 radical (unpaired) electrons. The van der Waals surface area contributed by atoms with E-state index in [1.165, 1.54) is 6.92 Å². The quantitative estimate of drug-likeness (QED) is 0.749. The monoisotopic (exact) mass is 370 g/mol. The van der Waals surface area contributed by atoms with E-state index in [1.807, 2.05) is 60.7 Å². The summed E-state index contributed by atoms with van der Waals surface area (Å²) in [5.74, 6) is -1.81. The fourth-order valence-corrected chi connectivity index (χ4v) is 3.20. The van der Waals surface area contributed by atoms with E-state index in [-0.39, 0.29) is 6.61 Å². The molecule has 0 aromatic heterocycles. The number of ether oxygens (including phenoxy) is 3. The van der Waals surface area contributed by atoms with Crippen LogP contribution in [0.25, 0.3) is 0 Å². The molecule has 0 saturated carbocycles. The first-order valence-corrected chi connectivity index (χ1v) is 9.33. The van der Waals surface area contributed by atoms with Gasteiger partial charge in [0.15, 0.2) is 12.1 Å². The van der Waals surface area contributed by atoms with Crippen molar-refractivity contribution in [1.82, 2.24) is 0 Å². The fraction of sp³-hybridized carbons (Fsp3) is 0.409. The summed E-state index contributed by atoms with van der Waals surface area (Å²) in [4.78, 5) is 12.8. The van der Waals surface area contributed by atoms with Crippen molar-refractivity contribution in [3.63, 3.8) is 0 Å². The first-order chi connectivity index (χ1) is 13.0. The molecule has 5 nitrogen and oxygen atoms in total. The van der Waals surface area contributed by atoms with E-state index in [4.69, 9.17) is 14.2 Å². The number of aliphatic hydroxyl groups excluding tert-OH is 1. The van der Waals surface area contributed by atoms with Crippen LogP contribution in [0.4, 0.5) is 0 Å². The molecule has 3 rings (SSSR count). The van der Waals surface area contributed by atoms with Crippen molar-refractivity contribution in [2.45, 2.75) is 57.4 Å². The minimum Gasteiger partial charge on any atom is -0.459 e. The lowest BCUT2D eigenvalue weighted by Gasteiger charge is -2.30. The van der Waals surface area contributed by atoms with E-state index in [0.29, 0.717) is 6.42 Å². The average molecular weight is 370 g/mol. The van der Waals surface area contributed by atoms with E-state index in [1.54, 1.807) is 0 Å². The minimum atomic E-state index is -1.60. The molecule has 3 unspecified atom stereocenters. The van der Waals surface area contributed by atoms with Gasteiger partial charge in [-0.15, -0.1) is 0 Å². The van der Waals surface area contributed by atoms with Crippen molar-refractivity contribution in [2.24, 2.45) is 0 Å². The Labute approximate surface area is 159 Å². The predicted octanol–water partition coefficient (Wildman–Crippen LogP) is 3.90. The van der Waals surface area contributed by atoms with Crippen LogP contribution in [0.3, 0.4) is 0 Å². The normalized spacial score (nSPS) is 27.4. The summed E-state index contributed by atoms with van der Waals surface area (Å²) in [6, 6.07) is 18.8. The Hall–Kier alpha value is -2.21. The van der Waals surface area contributed by atoms with Crippen LogP contribution in [0.1, 0.15) is 44.2 Å². The van der Waals surface area contributed by atoms with E-state index >= 15 is 0 Å². The highest BCUT2D eigenvalue weighted by molar-refractivity contribution is 5.80. The molecule has 0 bridgehead atoms. The lowest BCUT2D eigenvalue weighted by Crippen LogP contribution is -2.46. The molecule has 1 saturated heterocycles. The van der Waals surface area contributed by atoms with Gasteiger partial charge in [0.2, 0.25) is 5.60 Å². The van der Waals surface area contributed by atoms with Gasteiger partial charge in [0.25, 0.3) is 0 Å². The maximum absolute atomic E-state index is 12.8. The van der Waals surface area contributed by atoms with Crippen LogP contribution < -0.4 is 0 Å². The van der Waals surface area contributed by atoms with Crippen LogP contribution in [0.15, 0.2) is 60.7 Å². The highest BCUT2D eigenvalue weighted by atomic mass is 16.8. The Bertz CT molecular complexity index is 748. The first kappa shape index (κ1) is 19.5. The van der Waals surface area contributed by atoms with Crippen LogP contribution in [-0.2, 0) is 31.4 Å². The molecule has 1 N–H and O–H groups in total. The second kappa shape index (κ2) is 8.21. The van der Waals surface area contributed by atoms with Gasteiger partial charge in [-0.3, -0.25) is 0 Å². The van der Waals surface area contributed by atoms with Gasteiger partial charge in [0.1, 0.15) is 6.61 Å². The molecule has 27 heavy (non-hydrogen) atoms.